The maximum atomic E-state index is 12.5. The fourth-order valence-electron chi connectivity index (χ4n) is 3.02. The molecule has 0 aliphatic heterocycles. The monoisotopic (exact) mass is 452 g/mol. The van der Waals surface area contributed by atoms with E-state index in [1.54, 1.807) is 24.3 Å². The van der Waals surface area contributed by atoms with Gasteiger partial charge in [-0.2, -0.15) is 0 Å². The van der Waals surface area contributed by atoms with Gasteiger partial charge in [-0.15, -0.1) is 5.10 Å². The molecule has 0 atom stereocenters. The van der Waals surface area contributed by atoms with E-state index in [0.717, 1.165) is 11.3 Å². The summed E-state index contributed by atoms with van der Waals surface area (Å²) < 4.78 is 12.7. The third-order valence-electron chi connectivity index (χ3n) is 4.70. The molecule has 0 aliphatic rings. The zero-order valence-electron chi connectivity index (χ0n) is 17.5. The molecule has 10 heteroatoms. The molecule has 0 radical (unpaired) electrons. The number of aryl methyl sites for hydroxylation is 1. The van der Waals surface area contributed by atoms with Gasteiger partial charge in [-0.05, 0) is 62.4 Å². The minimum Gasteiger partial charge on any atom is -0.494 e. The van der Waals surface area contributed by atoms with Crippen molar-refractivity contribution in [2.75, 3.05) is 17.7 Å². The SMILES string of the molecule is CCOc1ccc(-c2nc(Cn3nnc(C(=O)Nc4ccc(Cl)cc4)c3N)c(C)o2)cc1. The summed E-state index contributed by atoms with van der Waals surface area (Å²) in [6.07, 6.45) is 0. The number of nitrogens with one attached hydrogen (secondary N) is 1. The topological polar surface area (TPSA) is 121 Å². The van der Waals surface area contributed by atoms with Crippen LogP contribution in [0.5, 0.6) is 5.75 Å². The Labute approximate surface area is 189 Å². The van der Waals surface area contributed by atoms with E-state index in [9.17, 15) is 4.79 Å². The lowest BCUT2D eigenvalue weighted by Gasteiger charge is -2.04. The van der Waals surface area contributed by atoms with Gasteiger partial charge in [-0.1, -0.05) is 16.8 Å². The Morgan fingerprint density at radius 3 is 2.59 bits per heavy atom. The molecule has 0 saturated heterocycles. The number of halogens is 1. The molecule has 4 aromatic rings. The van der Waals surface area contributed by atoms with Crippen molar-refractivity contribution in [1.29, 1.82) is 0 Å². The minimum atomic E-state index is -0.469. The summed E-state index contributed by atoms with van der Waals surface area (Å²) in [5.41, 5.74) is 8.17. The maximum Gasteiger partial charge on any atom is 0.280 e. The molecule has 3 N–H and O–H groups in total. The largest absolute Gasteiger partial charge is 0.494 e. The first kappa shape index (κ1) is 21.4. The molecule has 9 nitrogen and oxygen atoms in total. The number of hydrogen-bond donors (Lipinski definition) is 2. The standard InChI is InChI=1S/C22H21ClN6O3/c1-3-31-17-10-4-14(5-11-17)22-26-18(13(2)32-22)12-29-20(24)19(27-28-29)21(30)25-16-8-6-15(23)7-9-16/h4-11H,3,12,24H2,1-2H3,(H,25,30). The Kier molecular flexibility index (Phi) is 6.09. The van der Waals surface area contributed by atoms with Crippen LogP contribution in [0.1, 0.15) is 28.9 Å². The maximum absolute atomic E-state index is 12.5. The quantitative estimate of drug-likeness (QED) is 0.431. The van der Waals surface area contributed by atoms with Gasteiger partial charge in [0, 0.05) is 16.3 Å². The molecule has 2 heterocycles. The normalized spacial score (nSPS) is 10.8. The second-order valence-corrected chi connectivity index (χ2v) is 7.36. The highest BCUT2D eigenvalue weighted by Gasteiger charge is 2.20. The van der Waals surface area contributed by atoms with E-state index in [-0.39, 0.29) is 18.1 Å². The molecule has 0 aliphatic carbocycles. The summed E-state index contributed by atoms with van der Waals surface area (Å²) >= 11 is 5.87. The average Bonchev–Trinajstić information content (AvgIpc) is 3.33. The Balaban J connectivity index is 1.49. The molecular formula is C22H21ClN6O3. The lowest BCUT2D eigenvalue weighted by molar-refractivity contribution is 0.102. The van der Waals surface area contributed by atoms with E-state index < -0.39 is 5.91 Å². The first-order valence-electron chi connectivity index (χ1n) is 9.90. The van der Waals surface area contributed by atoms with E-state index >= 15 is 0 Å². The molecule has 1 amide bonds. The van der Waals surface area contributed by atoms with Crippen molar-refractivity contribution >= 4 is 29.0 Å². The summed E-state index contributed by atoms with van der Waals surface area (Å²) in [5, 5.41) is 11.2. The first-order chi connectivity index (χ1) is 15.4. The predicted molar refractivity (Wildman–Crippen MR) is 121 cm³/mol. The molecule has 164 valence electrons. The van der Waals surface area contributed by atoms with Crippen LogP contribution in [0.25, 0.3) is 11.5 Å². The number of carbonyl (C=O) groups is 1. The number of benzene rings is 2. The zero-order valence-corrected chi connectivity index (χ0v) is 18.3. The number of oxazole rings is 1. The van der Waals surface area contributed by atoms with Crippen LogP contribution in [0.3, 0.4) is 0 Å². The Bertz CT molecular complexity index is 1230. The van der Waals surface area contributed by atoms with Gasteiger partial charge in [0.15, 0.2) is 11.5 Å². The summed E-state index contributed by atoms with van der Waals surface area (Å²) in [7, 11) is 0. The highest BCUT2D eigenvalue weighted by molar-refractivity contribution is 6.30. The Morgan fingerprint density at radius 1 is 1.19 bits per heavy atom. The van der Waals surface area contributed by atoms with Crippen molar-refractivity contribution in [1.82, 2.24) is 20.0 Å². The van der Waals surface area contributed by atoms with Gasteiger partial charge < -0.3 is 20.2 Å². The van der Waals surface area contributed by atoms with Crippen molar-refractivity contribution in [2.45, 2.75) is 20.4 Å². The Morgan fingerprint density at radius 2 is 1.91 bits per heavy atom. The number of amides is 1. The lowest BCUT2D eigenvalue weighted by atomic mass is 10.2. The second-order valence-electron chi connectivity index (χ2n) is 6.92. The molecule has 0 fully saturated rings. The highest BCUT2D eigenvalue weighted by Crippen LogP contribution is 2.25. The summed E-state index contributed by atoms with van der Waals surface area (Å²) in [5.74, 6) is 1.53. The van der Waals surface area contributed by atoms with E-state index in [1.807, 2.05) is 38.1 Å². The number of rotatable bonds is 7. The smallest absolute Gasteiger partial charge is 0.280 e. The molecule has 0 saturated carbocycles. The van der Waals surface area contributed by atoms with E-state index in [0.29, 0.717) is 34.7 Å². The van der Waals surface area contributed by atoms with Crippen LogP contribution < -0.4 is 15.8 Å². The number of aromatic nitrogens is 4. The number of ether oxygens (including phenoxy) is 1. The fraction of sp³-hybridized carbons (Fsp3) is 0.182. The minimum absolute atomic E-state index is 0.0211. The van der Waals surface area contributed by atoms with E-state index in [1.165, 1.54) is 4.68 Å². The van der Waals surface area contributed by atoms with Gasteiger partial charge in [0.25, 0.3) is 5.91 Å². The van der Waals surface area contributed by atoms with Gasteiger partial charge >= 0.3 is 0 Å². The number of nitrogens with zero attached hydrogens (tertiary/aromatic N) is 4. The molecule has 0 bridgehead atoms. The van der Waals surface area contributed by atoms with E-state index in [4.69, 9.17) is 26.5 Å². The number of anilines is 2. The highest BCUT2D eigenvalue weighted by atomic mass is 35.5. The molecule has 0 unspecified atom stereocenters. The number of nitrogen functional groups attached to an aromatic ring is 1. The van der Waals surface area contributed by atoms with Gasteiger partial charge in [-0.25, -0.2) is 9.67 Å². The number of carbonyl (C=O) groups excluding carboxylic acids is 1. The fourth-order valence-corrected chi connectivity index (χ4v) is 3.15. The molecule has 2 aromatic heterocycles. The third-order valence-corrected chi connectivity index (χ3v) is 4.95. The summed E-state index contributed by atoms with van der Waals surface area (Å²) in [4.78, 5) is 17.1. The van der Waals surface area contributed by atoms with Crippen LogP contribution in [0.2, 0.25) is 5.02 Å². The van der Waals surface area contributed by atoms with E-state index in [2.05, 4.69) is 20.6 Å². The van der Waals surface area contributed by atoms with Crippen molar-refractivity contribution in [3.05, 3.63) is 70.7 Å². The zero-order chi connectivity index (χ0) is 22.7. The third kappa shape index (κ3) is 4.57. The second kappa shape index (κ2) is 9.11. The van der Waals surface area contributed by atoms with Crippen molar-refractivity contribution in [2.24, 2.45) is 0 Å². The number of nitrogens with two attached hydrogens (primary N) is 1. The molecule has 32 heavy (non-hydrogen) atoms. The predicted octanol–water partition coefficient (Wildman–Crippen LogP) is 4.18. The van der Waals surface area contributed by atoms with Crippen molar-refractivity contribution < 1.29 is 13.9 Å². The van der Waals surface area contributed by atoms with Crippen LogP contribution in [0.4, 0.5) is 11.5 Å². The molecule has 4 rings (SSSR count). The lowest BCUT2D eigenvalue weighted by Crippen LogP contribution is -2.15. The first-order valence-corrected chi connectivity index (χ1v) is 10.3. The van der Waals surface area contributed by atoms with Crippen LogP contribution in [0, 0.1) is 6.92 Å². The van der Waals surface area contributed by atoms with Crippen molar-refractivity contribution in [3.63, 3.8) is 0 Å². The van der Waals surface area contributed by atoms with Crippen molar-refractivity contribution in [3.8, 4) is 17.2 Å². The van der Waals surface area contributed by atoms with Gasteiger partial charge in [0.05, 0.1) is 13.2 Å². The van der Waals surface area contributed by atoms with Crippen LogP contribution in [-0.4, -0.2) is 32.5 Å². The van der Waals surface area contributed by atoms with Gasteiger partial charge in [-0.3, -0.25) is 4.79 Å². The van der Waals surface area contributed by atoms with Crippen LogP contribution in [-0.2, 0) is 6.54 Å². The number of hydrogen-bond acceptors (Lipinski definition) is 7. The molecule has 0 spiro atoms. The van der Waals surface area contributed by atoms with Crippen LogP contribution in [0.15, 0.2) is 52.9 Å². The summed E-state index contributed by atoms with van der Waals surface area (Å²) in [6.45, 7) is 4.54. The van der Waals surface area contributed by atoms with Crippen LogP contribution >= 0.6 is 11.6 Å². The van der Waals surface area contributed by atoms with Gasteiger partial charge in [0.1, 0.15) is 17.2 Å². The molecular weight excluding hydrogens is 432 g/mol. The van der Waals surface area contributed by atoms with Gasteiger partial charge in [0.2, 0.25) is 5.89 Å². The Hall–Kier alpha value is -3.85. The molecule has 2 aromatic carbocycles. The average molecular weight is 453 g/mol. The summed E-state index contributed by atoms with van der Waals surface area (Å²) in [6, 6.07) is 14.2.